The summed E-state index contributed by atoms with van der Waals surface area (Å²) in [7, 11) is 3.12. The van der Waals surface area contributed by atoms with Gasteiger partial charge in [-0.1, -0.05) is 25.1 Å². The average Bonchev–Trinajstić information content (AvgIpc) is 3.10. The van der Waals surface area contributed by atoms with Gasteiger partial charge in [-0.2, -0.15) is 0 Å². The normalized spacial score (nSPS) is 16.2. The fourth-order valence-electron chi connectivity index (χ4n) is 3.55. The quantitative estimate of drug-likeness (QED) is 0.829. The zero-order valence-electron chi connectivity index (χ0n) is 16.7. The Morgan fingerprint density at radius 1 is 1.21 bits per heavy atom. The van der Waals surface area contributed by atoms with Crippen molar-refractivity contribution in [2.75, 3.05) is 31.0 Å². The highest BCUT2D eigenvalue weighted by Crippen LogP contribution is 2.36. The maximum absolute atomic E-state index is 12.9. The van der Waals surface area contributed by atoms with Crippen molar-refractivity contribution in [1.29, 1.82) is 0 Å². The summed E-state index contributed by atoms with van der Waals surface area (Å²) in [4.78, 5) is 27.1. The zero-order chi connectivity index (χ0) is 20.3. The van der Waals surface area contributed by atoms with Crippen molar-refractivity contribution in [2.45, 2.75) is 26.7 Å². The molecule has 1 heterocycles. The van der Waals surface area contributed by atoms with Crippen LogP contribution in [-0.2, 0) is 16.0 Å². The molecule has 1 fully saturated rings. The summed E-state index contributed by atoms with van der Waals surface area (Å²) < 4.78 is 10.6. The highest BCUT2D eigenvalue weighted by Gasteiger charge is 2.36. The van der Waals surface area contributed by atoms with E-state index in [1.165, 1.54) is 0 Å². The number of ether oxygens (including phenoxy) is 2. The lowest BCUT2D eigenvalue weighted by molar-refractivity contribution is -0.122. The average molecular weight is 382 g/mol. The molecule has 1 aliphatic heterocycles. The van der Waals surface area contributed by atoms with Gasteiger partial charge in [0.15, 0.2) is 0 Å². The van der Waals surface area contributed by atoms with E-state index in [1.54, 1.807) is 37.3 Å². The lowest BCUT2D eigenvalue weighted by Gasteiger charge is -2.20. The van der Waals surface area contributed by atoms with Crippen molar-refractivity contribution in [3.63, 3.8) is 0 Å². The van der Waals surface area contributed by atoms with E-state index in [4.69, 9.17) is 9.47 Å². The molecule has 0 saturated carbocycles. The number of nitrogens with one attached hydrogen (secondary N) is 1. The molecule has 1 N–H and O–H groups in total. The Morgan fingerprint density at radius 3 is 2.68 bits per heavy atom. The Bertz CT molecular complexity index is 894. The van der Waals surface area contributed by atoms with E-state index in [0.29, 0.717) is 23.7 Å². The van der Waals surface area contributed by atoms with Gasteiger partial charge in [-0.3, -0.25) is 9.59 Å². The Balaban J connectivity index is 1.79. The Morgan fingerprint density at radius 2 is 2.00 bits per heavy atom. The number of benzene rings is 2. The molecule has 0 bridgehead atoms. The first-order valence-electron chi connectivity index (χ1n) is 9.40. The van der Waals surface area contributed by atoms with Gasteiger partial charge in [0.1, 0.15) is 11.5 Å². The number of rotatable bonds is 6. The van der Waals surface area contributed by atoms with Gasteiger partial charge in [0.2, 0.25) is 11.8 Å². The van der Waals surface area contributed by atoms with Gasteiger partial charge >= 0.3 is 0 Å². The summed E-state index contributed by atoms with van der Waals surface area (Å²) in [5.74, 6) is 0.550. The molecule has 28 heavy (non-hydrogen) atoms. The molecule has 2 aromatic carbocycles. The van der Waals surface area contributed by atoms with Gasteiger partial charge < -0.3 is 19.7 Å². The maximum atomic E-state index is 12.9. The van der Waals surface area contributed by atoms with Crippen LogP contribution in [0.25, 0.3) is 0 Å². The number of hydrogen-bond donors (Lipinski definition) is 1. The van der Waals surface area contributed by atoms with Gasteiger partial charge in [-0.05, 0) is 36.6 Å². The maximum Gasteiger partial charge on any atom is 0.229 e. The summed E-state index contributed by atoms with van der Waals surface area (Å²) in [6, 6.07) is 11.3. The summed E-state index contributed by atoms with van der Waals surface area (Å²) in [6.07, 6.45) is 1.00. The first-order valence-corrected chi connectivity index (χ1v) is 9.40. The molecule has 1 aliphatic rings. The van der Waals surface area contributed by atoms with E-state index < -0.39 is 5.92 Å². The third kappa shape index (κ3) is 3.81. The molecule has 0 radical (unpaired) electrons. The van der Waals surface area contributed by atoms with Gasteiger partial charge in [0, 0.05) is 24.7 Å². The molecule has 0 spiro atoms. The molecule has 0 unspecified atom stereocenters. The molecule has 1 atom stereocenters. The molecule has 1 saturated heterocycles. The summed E-state index contributed by atoms with van der Waals surface area (Å²) in [6.45, 7) is 4.35. The minimum absolute atomic E-state index is 0.0934. The third-order valence-corrected chi connectivity index (χ3v) is 5.16. The van der Waals surface area contributed by atoms with E-state index in [9.17, 15) is 9.59 Å². The van der Waals surface area contributed by atoms with Crippen LogP contribution in [0.5, 0.6) is 11.5 Å². The first-order chi connectivity index (χ1) is 13.5. The van der Waals surface area contributed by atoms with Crippen LogP contribution in [0.15, 0.2) is 36.4 Å². The largest absolute Gasteiger partial charge is 0.497 e. The Labute approximate surface area is 165 Å². The van der Waals surface area contributed by atoms with Crippen LogP contribution in [0.3, 0.4) is 0 Å². The fraction of sp³-hybridized carbons (Fsp3) is 0.364. The van der Waals surface area contributed by atoms with Gasteiger partial charge in [0.05, 0.1) is 25.8 Å². The Hall–Kier alpha value is -3.02. The van der Waals surface area contributed by atoms with Gasteiger partial charge in [-0.15, -0.1) is 0 Å². The van der Waals surface area contributed by atoms with E-state index in [1.807, 2.05) is 25.1 Å². The number of carbonyl (C=O) groups excluding carboxylic acids is 2. The van der Waals surface area contributed by atoms with E-state index in [-0.39, 0.29) is 18.2 Å². The third-order valence-electron chi connectivity index (χ3n) is 5.16. The van der Waals surface area contributed by atoms with E-state index >= 15 is 0 Å². The molecular weight excluding hydrogens is 356 g/mol. The number of carbonyl (C=O) groups is 2. The topological polar surface area (TPSA) is 67.9 Å². The molecule has 0 aromatic heterocycles. The molecule has 148 valence electrons. The number of anilines is 2. The zero-order valence-corrected chi connectivity index (χ0v) is 16.7. The van der Waals surface area contributed by atoms with Crippen molar-refractivity contribution >= 4 is 23.2 Å². The molecule has 6 heteroatoms. The highest BCUT2D eigenvalue weighted by molar-refractivity contribution is 6.04. The predicted octanol–water partition coefficient (Wildman–Crippen LogP) is 3.57. The lowest BCUT2D eigenvalue weighted by atomic mass is 10.0. The van der Waals surface area contributed by atoms with Crippen molar-refractivity contribution in [1.82, 2.24) is 0 Å². The number of amides is 2. The van der Waals surface area contributed by atoms with Crippen molar-refractivity contribution in [3.05, 3.63) is 47.5 Å². The van der Waals surface area contributed by atoms with E-state index in [0.717, 1.165) is 23.2 Å². The number of nitrogens with zero attached hydrogens (tertiary/aromatic N) is 1. The number of para-hydroxylation sites is 1. The van der Waals surface area contributed by atoms with Crippen LogP contribution in [0.4, 0.5) is 11.4 Å². The predicted molar refractivity (Wildman–Crippen MR) is 109 cm³/mol. The standard InChI is InChI=1S/C22H26N2O4/c1-5-15-8-6-7-14(2)21(15)23-22(26)16-11-20(25)24(13-16)18-10-9-17(27-3)12-19(18)28-4/h6-10,12,16H,5,11,13H2,1-4H3,(H,23,26)/t16-/m1/s1. The molecule has 3 rings (SSSR count). The fourth-order valence-corrected chi connectivity index (χ4v) is 3.55. The number of aryl methyl sites for hydroxylation is 2. The van der Waals surface area contributed by atoms with Crippen molar-refractivity contribution < 1.29 is 19.1 Å². The number of hydrogen-bond acceptors (Lipinski definition) is 4. The second-order valence-electron chi connectivity index (χ2n) is 6.90. The van der Waals surface area contributed by atoms with Crippen LogP contribution < -0.4 is 19.7 Å². The smallest absolute Gasteiger partial charge is 0.229 e. The monoisotopic (exact) mass is 382 g/mol. The van der Waals surface area contributed by atoms with Crippen LogP contribution in [0.1, 0.15) is 24.5 Å². The SMILES string of the molecule is CCc1cccc(C)c1NC(=O)[C@@H]1CC(=O)N(c2ccc(OC)cc2OC)C1. The van der Waals surface area contributed by atoms with Crippen LogP contribution in [0.2, 0.25) is 0 Å². The molecular formula is C22H26N2O4. The highest BCUT2D eigenvalue weighted by atomic mass is 16.5. The van der Waals surface area contributed by atoms with Crippen molar-refractivity contribution in [2.24, 2.45) is 5.92 Å². The van der Waals surface area contributed by atoms with Gasteiger partial charge in [0.25, 0.3) is 0 Å². The first kappa shape index (κ1) is 19.7. The van der Waals surface area contributed by atoms with Crippen LogP contribution in [0, 0.1) is 12.8 Å². The Kier molecular flexibility index (Phi) is 5.87. The second-order valence-corrected chi connectivity index (χ2v) is 6.90. The molecule has 2 amide bonds. The second kappa shape index (κ2) is 8.33. The summed E-state index contributed by atoms with van der Waals surface area (Å²) >= 11 is 0. The molecule has 6 nitrogen and oxygen atoms in total. The van der Waals surface area contributed by atoms with Gasteiger partial charge in [-0.25, -0.2) is 0 Å². The molecule has 2 aromatic rings. The minimum atomic E-state index is -0.413. The minimum Gasteiger partial charge on any atom is -0.497 e. The van der Waals surface area contributed by atoms with Crippen LogP contribution >= 0.6 is 0 Å². The number of methoxy groups -OCH3 is 2. The van der Waals surface area contributed by atoms with Crippen LogP contribution in [-0.4, -0.2) is 32.6 Å². The lowest BCUT2D eigenvalue weighted by Crippen LogP contribution is -2.28. The molecule has 0 aliphatic carbocycles. The van der Waals surface area contributed by atoms with E-state index in [2.05, 4.69) is 12.2 Å². The summed E-state index contributed by atoms with van der Waals surface area (Å²) in [5, 5.41) is 3.04. The summed E-state index contributed by atoms with van der Waals surface area (Å²) in [5.41, 5.74) is 3.61. The van der Waals surface area contributed by atoms with Crippen molar-refractivity contribution in [3.8, 4) is 11.5 Å².